The van der Waals surface area contributed by atoms with E-state index in [1.54, 1.807) is 0 Å². The van der Waals surface area contributed by atoms with E-state index in [-0.39, 0.29) is 11.6 Å². The fourth-order valence-electron chi connectivity index (χ4n) is 7.43. The van der Waals surface area contributed by atoms with E-state index < -0.39 is 0 Å². The second kappa shape index (κ2) is 5.97. The SMILES string of the molecule is O=C(NC1C2CC3CC(C2)CC1C3)N1CCC2(CC1)NCc1ccccc12. The molecular formula is C23H31N3O. The Labute approximate surface area is 162 Å². The number of nitrogens with one attached hydrogen (secondary N) is 2. The van der Waals surface area contributed by atoms with E-state index in [9.17, 15) is 4.79 Å². The lowest BCUT2D eigenvalue weighted by atomic mass is 9.54. The number of carbonyl (C=O) groups is 1. The zero-order valence-electron chi connectivity index (χ0n) is 16.1. The lowest BCUT2D eigenvalue weighted by molar-refractivity contribution is -0.0116. The normalized spacial score (nSPS) is 38.2. The first-order chi connectivity index (χ1) is 13.2. The van der Waals surface area contributed by atoms with Crippen molar-refractivity contribution in [2.24, 2.45) is 23.7 Å². The van der Waals surface area contributed by atoms with Gasteiger partial charge in [-0.05, 0) is 79.7 Å². The highest BCUT2D eigenvalue weighted by atomic mass is 16.2. The van der Waals surface area contributed by atoms with Gasteiger partial charge < -0.3 is 15.5 Å². The molecule has 0 radical (unpaired) electrons. The van der Waals surface area contributed by atoms with Crippen LogP contribution >= 0.6 is 0 Å². The summed E-state index contributed by atoms with van der Waals surface area (Å²) in [5, 5.41) is 7.26. The summed E-state index contributed by atoms with van der Waals surface area (Å²) in [7, 11) is 0. The van der Waals surface area contributed by atoms with E-state index >= 15 is 0 Å². The molecule has 4 aliphatic carbocycles. The molecule has 2 heterocycles. The van der Waals surface area contributed by atoms with Crippen molar-refractivity contribution < 1.29 is 4.79 Å². The zero-order chi connectivity index (χ0) is 18.0. The first kappa shape index (κ1) is 16.4. The first-order valence-corrected chi connectivity index (χ1v) is 11.1. The lowest BCUT2D eigenvalue weighted by Crippen LogP contribution is -2.59. The summed E-state index contributed by atoms with van der Waals surface area (Å²) in [6.45, 7) is 2.69. The molecule has 1 aromatic carbocycles. The molecule has 4 heteroatoms. The number of nitrogens with zero attached hydrogens (tertiary/aromatic N) is 1. The number of carbonyl (C=O) groups excluding carboxylic acids is 1. The largest absolute Gasteiger partial charge is 0.335 e. The molecule has 0 aromatic heterocycles. The Balaban J connectivity index is 1.11. The summed E-state index contributed by atoms with van der Waals surface area (Å²) in [5.41, 5.74) is 2.99. The zero-order valence-corrected chi connectivity index (χ0v) is 16.1. The van der Waals surface area contributed by atoms with Crippen LogP contribution in [-0.4, -0.2) is 30.1 Å². The maximum Gasteiger partial charge on any atom is 0.317 e. The van der Waals surface area contributed by atoms with Crippen LogP contribution in [0.5, 0.6) is 0 Å². The molecule has 0 unspecified atom stereocenters. The van der Waals surface area contributed by atoms with Crippen LogP contribution in [0.4, 0.5) is 4.79 Å². The predicted octanol–water partition coefficient (Wildman–Crippen LogP) is 3.62. The molecule has 1 spiro atoms. The van der Waals surface area contributed by atoms with Crippen molar-refractivity contribution >= 4 is 6.03 Å². The fraction of sp³-hybridized carbons (Fsp3) is 0.696. The monoisotopic (exact) mass is 365 g/mol. The maximum absolute atomic E-state index is 13.0. The second-order valence-corrected chi connectivity index (χ2v) is 9.99. The van der Waals surface area contributed by atoms with Gasteiger partial charge in [0.15, 0.2) is 0 Å². The Hall–Kier alpha value is -1.55. The van der Waals surface area contributed by atoms with Gasteiger partial charge in [-0.3, -0.25) is 0 Å². The van der Waals surface area contributed by atoms with Crippen LogP contribution in [0.15, 0.2) is 24.3 Å². The van der Waals surface area contributed by atoms with Crippen molar-refractivity contribution in [2.45, 2.75) is 63.1 Å². The molecule has 4 bridgehead atoms. The summed E-state index contributed by atoms with van der Waals surface area (Å²) in [6.07, 6.45) is 8.97. The number of urea groups is 1. The molecule has 6 aliphatic rings. The second-order valence-electron chi connectivity index (χ2n) is 9.99. The molecule has 4 nitrogen and oxygen atoms in total. The quantitative estimate of drug-likeness (QED) is 0.798. The average molecular weight is 366 g/mol. The molecule has 0 atom stereocenters. The van der Waals surface area contributed by atoms with Crippen molar-refractivity contribution in [3.8, 4) is 0 Å². The van der Waals surface area contributed by atoms with Crippen molar-refractivity contribution in [1.29, 1.82) is 0 Å². The summed E-state index contributed by atoms with van der Waals surface area (Å²) >= 11 is 0. The van der Waals surface area contributed by atoms with E-state index in [1.165, 1.54) is 43.2 Å². The van der Waals surface area contributed by atoms with Crippen molar-refractivity contribution in [3.63, 3.8) is 0 Å². The third kappa shape index (κ3) is 2.55. The Kier molecular flexibility index (Phi) is 3.63. The average Bonchev–Trinajstić information content (AvgIpc) is 3.03. The molecule has 7 rings (SSSR count). The molecule has 1 saturated heterocycles. The highest BCUT2D eigenvalue weighted by molar-refractivity contribution is 5.75. The van der Waals surface area contributed by atoms with Gasteiger partial charge >= 0.3 is 6.03 Å². The predicted molar refractivity (Wildman–Crippen MR) is 105 cm³/mol. The van der Waals surface area contributed by atoms with Gasteiger partial charge in [0.05, 0.1) is 0 Å². The first-order valence-electron chi connectivity index (χ1n) is 11.1. The van der Waals surface area contributed by atoms with Crippen molar-refractivity contribution in [3.05, 3.63) is 35.4 Å². The van der Waals surface area contributed by atoms with E-state index in [0.717, 1.165) is 56.1 Å². The number of benzene rings is 1. The van der Waals surface area contributed by atoms with E-state index in [1.807, 2.05) is 0 Å². The number of hydrogen-bond acceptors (Lipinski definition) is 2. The molecular weight excluding hydrogens is 334 g/mol. The van der Waals surface area contributed by atoms with E-state index in [4.69, 9.17) is 0 Å². The minimum atomic E-state index is 0.0933. The Morgan fingerprint density at radius 3 is 2.37 bits per heavy atom. The third-order valence-electron chi connectivity index (χ3n) is 8.57. The molecule has 2 N–H and O–H groups in total. The number of likely N-dealkylation sites (tertiary alicyclic amines) is 1. The van der Waals surface area contributed by atoms with Crippen LogP contribution in [0, 0.1) is 23.7 Å². The molecule has 2 aliphatic heterocycles. The molecule has 27 heavy (non-hydrogen) atoms. The molecule has 144 valence electrons. The highest BCUT2D eigenvalue weighted by Crippen LogP contribution is 2.53. The Bertz CT molecular complexity index is 724. The standard InChI is InChI=1S/C23H31N3O/c27-22(25-21-18-10-15-9-16(12-18)13-19(21)11-15)26-7-5-23(6-8-26)20-4-2-1-3-17(20)14-24-23/h1-4,15-16,18-19,21,24H,5-14H2,(H,25,27). The maximum atomic E-state index is 13.0. The lowest BCUT2D eigenvalue weighted by Gasteiger charge is -2.54. The van der Waals surface area contributed by atoms with Gasteiger partial charge in [-0.1, -0.05) is 24.3 Å². The van der Waals surface area contributed by atoms with Gasteiger partial charge in [0.2, 0.25) is 0 Å². The topological polar surface area (TPSA) is 44.4 Å². The summed E-state index contributed by atoms with van der Waals surface area (Å²) < 4.78 is 0. The number of fused-ring (bicyclic) bond motifs is 2. The minimum absolute atomic E-state index is 0.0933. The van der Waals surface area contributed by atoms with E-state index in [0.29, 0.717) is 6.04 Å². The van der Waals surface area contributed by atoms with Gasteiger partial charge in [0.1, 0.15) is 0 Å². The Morgan fingerprint density at radius 2 is 1.67 bits per heavy atom. The number of hydrogen-bond donors (Lipinski definition) is 2. The summed E-state index contributed by atoms with van der Waals surface area (Å²) in [4.78, 5) is 15.1. The number of piperidine rings is 1. The highest BCUT2D eigenvalue weighted by Gasteiger charge is 2.49. The van der Waals surface area contributed by atoms with Gasteiger partial charge in [0, 0.05) is 31.2 Å². The van der Waals surface area contributed by atoms with Gasteiger partial charge in [-0.15, -0.1) is 0 Å². The van der Waals surface area contributed by atoms with Crippen LogP contribution in [0.2, 0.25) is 0 Å². The smallest absolute Gasteiger partial charge is 0.317 e. The minimum Gasteiger partial charge on any atom is -0.335 e. The molecule has 1 aromatic rings. The van der Waals surface area contributed by atoms with Crippen molar-refractivity contribution in [1.82, 2.24) is 15.5 Å². The van der Waals surface area contributed by atoms with Gasteiger partial charge in [-0.2, -0.15) is 0 Å². The van der Waals surface area contributed by atoms with Gasteiger partial charge in [0.25, 0.3) is 0 Å². The van der Waals surface area contributed by atoms with Crippen LogP contribution in [0.3, 0.4) is 0 Å². The summed E-state index contributed by atoms with van der Waals surface area (Å²) in [6, 6.07) is 9.45. The van der Waals surface area contributed by atoms with Crippen LogP contribution in [0.25, 0.3) is 0 Å². The van der Waals surface area contributed by atoms with Crippen molar-refractivity contribution in [2.75, 3.05) is 13.1 Å². The summed E-state index contributed by atoms with van der Waals surface area (Å²) in [5.74, 6) is 3.43. The van der Waals surface area contributed by atoms with Crippen LogP contribution in [-0.2, 0) is 12.1 Å². The molecule has 5 fully saturated rings. The number of rotatable bonds is 1. The van der Waals surface area contributed by atoms with Crippen LogP contribution in [0.1, 0.15) is 56.1 Å². The van der Waals surface area contributed by atoms with Crippen LogP contribution < -0.4 is 10.6 Å². The number of amides is 2. The van der Waals surface area contributed by atoms with Gasteiger partial charge in [-0.25, -0.2) is 4.79 Å². The fourth-order valence-corrected chi connectivity index (χ4v) is 7.43. The Morgan fingerprint density at radius 1 is 1.00 bits per heavy atom. The van der Waals surface area contributed by atoms with E-state index in [2.05, 4.69) is 39.8 Å². The molecule has 4 saturated carbocycles. The third-order valence-corrected chi connectivity index (χ3v) is 8.57. The molecule has 2 amide bonds.